The lowest BCUT2D eigenvalue weighted by atomic mass is 10.3. The van der Waals surface area contributed by atoms with E-state index in [1.54, 1.807) is 18.3 Å². The molecule has 6 heteroatoms. The lowest BCUT2D eigenvalue weighted by Crippen LogP contribution is -1.96. The molecule has 100 valence electrons. The van der Waals surface area contributed by atoms with Crippen molar-refractivity contribution in [3.05, 3.63) is 24.2 Å². The number of rotatable bonds is 4. The number of thioether (sulfide) groups is 1. The number of aromatic nitrogens is 3. The average Bonchev–Trinajstić information content (AvgIpc) is 3.08. The predicted octanol–water partition coefficient (Wildman–Crippen LogP) is 2.89. The minimum atomic E-state index is 0.403. The molecule has 2 aromatic rings. The third kappa shape index (κ3) is 2.89. The quantitative estimate of drug-likeness (QED) is 0.925. The van der Waals surface area contributed by atoms with Gasteiger partial charge in [0.2, 0.25) is 0 Å². The van der Waals surface area contributed by atoms with E-state index in [9.17, 15) is 0 Å². The maximum Gasteiger partial charge on any atom is 0.278 e. The summed E-state index contributed by atoms with van der Waals surface area (Å²) in [6, 6.07) is 3.56. The van der Waals surface area contributed by atoms with Crippen LogP contribution in [0.1, 0.15) is 31.5 Å². The Labute approximate surface area is 116 Å². The van der Waals surface area contributed by atoms with Gasteiger partial charge in [0.25, 0.3) is 5.89 Å². The fourth-order valence-corrected chi connectivity index (χ4v) is 3.42. The second-order valence-electron chi connectivity index (χ2n) is 4.67. The second kappa shape index (κ2) is 5.61. The van der Waals surface area contributed by atoms with Crippen LogP contribution in [0.4, 0.5) is 5.69 Å². The number of anilines is 1. The molecule has 1 aliphatic rings. The molecule has 0 aliphatic heterocycles. The van der Waals surface area contributed by atoms with E-state index in [-0.39, 0.29) is 0 Å². The summed E-state index contributed by atoms with van der Waals surface area (Å²) in [5, 5.41) is 4.74. The Morgan fingerprint density at radius 3 is 3.00 bits per heavy atom. The van der Waals surface area contributed by atoms with Crippen LogP contribution in [0.2, 0.25) is 0 Å². The number of nitrogens with two attached hydrogens (primary N) is 1. The Morgan fingerprint density at radius 1 is 1.37 bits per heavy atom. The van der Waals surface area contributed by atoms with Crippen molar-refractivity contribution in [3.63, 3.8) is 0 Å². The van der Waals surface area contributed by atoms with Crippen LogP contribution in [0, 0.1) is 0 Å². The van der Waals surface area contributed by atoms with Crippen LogP contribution in [-0.4, -0.2) is 20.4 Å². The van der Waals surface area contributed by atoms with Crippen molar-refractivity contribution in [3.8, 4) is 11.6 Å². The van der Waals surface area contributed by atoms with Crippen molar-refractivity contribution in [2.75, 3.05) is 5.73 Å². The number of nitrogen functional groups attached to an aromatic ring is 1. The van der Waals surface area contributed by atoms with Crippen molar-refractivity contribution in [2.24, 2.45) is 0 Å². The first-order chi connectivity index (χ1) is 9.33. The lowest BCUT2D eigenvalue weighted by molar-refractivity contribution is 0.424. The lowest BCUT2D eigenvalue weighted by Gasteiger charge is -2.04. The van der Waals surface area contributed by atoms with Crippen molar-refractivity contribution in [1.82, 2.24) is 15.1 Å². The molecule has 2 heterocycles. The van der Waals surface area contributed by atoms with Crippen LogP contribution in [0.5, 0.6) is 0 Å². The Hall–Kier alpha value is -1.56. The van der Waals surface area contributed by atoms with Gasteiger partial charge in [-0.3, -0.25) is 0 Å². The van der Waals surface area contributed by atoms with Gasteiger partial charge in [0.15, 0.2) is 11.5 Å². The van der Waals surface area contributed by atoms with Gasteiger partial charge in [0, 0.05) is 11.4 Å². The molecule has 0 saturated heterocycles. The summed E-state index contributed by atoms with van der Waals surface area (Å²) >= 11 is 1.91. The van der Waals surface area contributed by atoms with Crippen molar-refractivity contribution in [2.45, 2.75) is 36.7 Å². The molecule has 5 nitrogen and oxygen atoms in total. The first-order valence-corrected chi connectivity index (χ1v) is 7.53. The number of nitrogens with zero attached hydrogens (tertiary/aromatic N) is 3. The summed E-state index contributed by atoms with van der Waals surface area (Å²) in [4.78, 5) is 8.53. The molecular formula is C13H16N4OS. The molecule has 0 radical (unpaired) electrons. The highest BCUT2D eigenvalue weighted by Gasteiger charge is 2.17. The molecule has 1 saturated carbocycles. The van der Waals surface area contributed by atoms with E-state index >= 15 is 0 Å². The zero-order chi connectivity index (χ0) is 13.1. The van der Waals surface area contributed by atoms with Gasteiger partial charge in [-0.2, -0.15) is 16.7 Å². The maximum atomic E-state index is 5.84. The molecule has 1 fully saturated rings. The zero-order valence-electron chi connectivity index (χ0n) is 10.6. The van der Waals surface area contributed by atoms with Gasteiger partial charge < -0.3 is 10.3 Å². The van der Waals surface area contributed by atoms with Crippen molar-refractivity contribution < 1.29 is 4.52 Å². The smallest absolute Gasteiger partial charge is 0.278 e. The highest BCUT2D eigenvalue weighted by molar-refractivity contribution is 7.99. The van der Waals surface area contributed by atoms with Gasteiger partial charge in [-0.15, -0.1) is 0 Å². The summed E-state index contributed by atoms with van der Waals surface area (Å²) in [5.41, 5.74) is 6.96. The molecule has 19 heavy (non-hydrogen) atoms. The van der Waals surface area contributed by atoms with E-state index in [0.29, 0.717) is 17.3 Å². The van der Waals surface area contributed by atoms with Crippen molar-refractivity contribution >= 4 is 17.4 Å². The Kier molecular flexibility index (Phi) is 3.68. The topological polar surface area (TPSA) is 77.8 Å². The van der Waals surface area contributed by atoms with Crippen LogP contribution in [0.3, 0.4) is 0 Å². The molecule has 0 spiro atoms. The largest absolute Gasteiger partial charge is 0.397 e. The normalized spacial score (nSPS) is 16.0. The third-order valence-corrected chi connectivity index (χ3v) is 4.63. The summed E-state index contributed by atoms with van der Waals surface area (Å²) in [6.07, 6.45) is 6.98. The maximum absolute atomic E-state index is 5.84. The zero-order valence-corrected chi connectivity index (χ0v) is 11.4. The van der Waals surface area contributed by atoms with Crippen LogP contribution < -0.4 is 5.73 Å². The summed E-state index contributed by atoms with van der Waals surface area (Å²) in [6.45, 7) is 0. The first-order valence-electron chi connectivity index (χ1n) is 6.48. The number of pyridine rings is 1. The van der Waals surface area contributed by atoms with Gasteiger partial charge in [-0.1, -0.05) is 18.0 Å². The standard InChI is InChI=1S/C13H16N4OS/c14-10-6-3-7-15-12(10)13-16-11(17-18-13)8-19-9-4-1-2-5-9/h3,6-7,9H,1-2,4-5,8,14H2. The van der Waals surface area contributed by atoms with Crippen LogP contribution >= 0.6 is 11.8 Å². The monoisotopic (exact) mass is 276 g/mol. The summed E-state index contributed by atoms with van der Waals surface area (Å²) in [5.74, 6) is 1.91. The molecular weight excluding hydrogens is 260 g/mol. The third-order valence-electron chi connectivity index (χ3n) is 3.26. The van der Waals surface area contributed by atoms with Crippen LogP contribution in [0.25, 0.3) is 11.6 Å². The molecule has 1 aliphatic carbocycles. The summed E-state index contributed by atoms with van der Waals surface area (Å²) in [7, 11) is 0. The van der Waals surface area contributed by atoms with Crippen LogP contribution in [-0.2, 0) is 5.75 Å². The number of hydrogen-bond acceptors (Lipinski definition) is 6. The minimum Gasteiger partial charge on any atom is -0.397 e. The number of hydrogen-bond donors (Lipinski definition) is 1. The second-order valence-corrected chi connectivity index (χ2v) is 5.96. The molecule has 0 aromatic carbocycles. The fourth-order valence-electron chi connectivity index (χ4n) is 2.25. The highest BCUT2D eigenvalue weighted by atomic mass is 32.2. The van der Waals surface area contributed by atoms with E-state index in [1.165, 1.54) is 25.7 Å². The highest BCUT2D eigenvalue weighted by Crippen LogP contribution is 2.31. The van der Waals surface area contributed by atoms with E-state index in [4.69, 9.17) is 10.3 Å². The first kappa shape index (κ1) is 12.5. The average molecular weight is 276 g/mol. The summed E-state index contributed by atoms with van der Waals surface area (Å²) < 4.78 is 5.23. The van der Waals surface area contributed by atoms with Crippen LogP contribution in [0.15, 0.2) is 22.9 Å². The van der Waals surface area contributed by atoms with E-state index in [0.717, 1.165) is 16.8 Å². The van der Waals surface area contributed by atoms with E-state index in [2.05, 4.69) is 15.1 Å². The van der Waals surface area contributed by atoms with Gasteiger partial charge in [0.1, 0.15) is 0 Å². The van der Waals surface area contributed by atoms with E-state index in [1.807, 2.05) is 11.8 Å². The Bertz CT molecular complexity index is 551. The molecule has 0 bridgehead atoms. The van der Waals surface area contributed by atoms with E-state index < -0.39 is 0 Å². The van der Waals surface area contributed by atoms with Gasteiger partial charge in [-0.25, -0.2) is 4.98 Å². The molecule has 2 aromatic heterocycles. The van der Waals surface area contributed by atoms with Gasteiger partial charge in [0.05, 0.1) is 11.4 Å². The minimum absolute atomic E-state index is 0.403. The van der Waals surface area contributed by atoms with Crippen molar-refractivity contribution in [1.29, 1.82) is 0 Å². The van der Waals surface area contributed by atoms with Gasteiger partial charge >= 0.3 is 0 Å². The molecule has 3 rings (SSSR count). The molecule has 0 amide bonds. The molecule has 0 unspecified atom stereocenters. The molecule has 2 N–H and O–H groups in total. The Balaban J connectivity index is 1.67. The fraction of sp³-hybridized carbons (Fsp3) is 0.462. The predicted molar refractivity (Wildman–Crippen MR) is 75.5 cm³/mol. The molecule has 0 atom stereocenters. The van der Waals surface area contributed by atoms with Gasteiger partial charge in [-0.05, 0) is 25.0 Å². The Morgan fingerprint density at radius 2 is 2.21 bits per heavy atom. The SMILES string of the molecule is Nc1cccnc1-c1nc(CSC2CCCC2)no1.